The summed E-state index contributed by atoms with van der Waals surface area (Å²) in [7, 11) is 2.08. The zero-order valence-corrected chi connectivity index (χ0v) is 17.2. The molecule has 140 valence electrons. The van der Waals surface area contributed by atoms with Crippen molar-refractivity contribution in [2.45, 2.75) is 29.2 Å². The molecule has 2 aromatic carbocycles. The Balaban J connectivity index is 1.25. The van der Waals surface area contributed by atoms with Crippen molar-refractivity contribution >= 4 is 23.1 Å². The molecule has 1 aliphatic rings. The minimum absolute atomic E-state index is 0.484. The maximum atomic E-state index is 4.77. The molecule has 5 rings (SSSR count). The zero-order chi connectivity index (χ0) is 18.9. The van der Waals surface area contributed by atoms with Crippen LogP contribution in [0.3, 0.4) is 0 Å². The third-order valence-electron chi connectivity index (χ3n) is 5.14. The molecule has 0 radical (unpaired) electrons. The van der Waals surface area contributed by atoms with Gasteiger partial charge in [0.05, 0.1) is 5.69 Å². The van der Waals surface area contributed by atoms with Gasteiger partial charge in [-0.25, -0.2) is 4.98 Å². The van der Waals surface area contributed by atoms with Crippen molar-refractivity contribution < 1.29 is 0 Å². The van der Waals surface area contributed by atoms with Gasteiger partial charge in [0, 0.05) is 29.7 Å². The van der Waals surface area contributed by atoms with Gasteiger partial charge in [-0.05, 0) is 17.9 Å². The minimum atomic E-state index is 0.484. The molecule has 1 fully saturated rings. The molecule has 6 heteroatoms. The average molecular weight is 405 g/mol. The van der Waals surface area contributed by atoms with E-state index in [4.69, 9.17) is 4.98 Å². The van der Waals surface area contributed by atoms with Crippen LogP contribution in [0, 0.1) is 0 Å². The van der Waals surface area contributed by atoms with Crippen molar-refractivity contribution in [1.82, 2.24) is 19.7 Å². The van der Waals surface area contributed by atoms with Gasteiger partial charge in [0.15, 0.2) is 5.16 Å². The first-order chi connectivity index (χ1) is 13.8. The largest absolute Gasteiger partial charge is 0.309 e. The molecule has 0 amide bonds. The van der Waals surface area contributed by atoms with Crippen LogP contribution in [-0.4, -0.2) is 19.7 Å². The lowest BCUT2D eigenvalue weighted by molar-refractivity contribution is 0.730. The Hall–Kier alpha value is -2.44. The van der Waals surface area contributed by atoms with E-state index >= 15 is 0 Å². The van der Waals surface area contributed by atoms with Crippen LogP contribution in [0.1, 0.15) is 35.3 Å². The second kappa shape index (κ2) is 7.53. The Morgan fingerprint density at radius 3 is 2.54 bits per heavy atom. The Kier molecular flexibility index (Phi) is 4.74. The fourth-order valence-corrected chi connectivity index (χ4v) is 5.29. The van der Waals surface area contributed by atoms with Crippen molar-refractivity contribution in [2.75, 3.05) is 0 Å². The summed E-state index contributed by atoms with van der Waals surface area (Å²) in [6.07, 6.45) is 1.16. The van der Waals surface area contributed by atoms with E-state index in [0.29, 0.717) is 11.8 Å². The second-order valence-electron chi connectivity index (χ2n) is 7.06. The van der Waals surface area contributed by atoms with Crippen molar-refractivity contribution in [3.63, 3.8) is 0 Å². The first-order valence-corrected chi connectivity index (χ1v) is 11.2. The standard InChI is InChI=1S/C22H20N4S2/c1-26-20(19-12-18(19)15-8-4-2-5-9-15)24-25-22(26)28-14-17-13-27-21(23-17)16-10-6-3-7-11-16/h2-11,13,18-19H,12,14H2,1H3/t18-,19-/m0/s1. The molecule has 2 atom stereocenters. The van der Waals surface area contributed by atoms with Gasteiger partial charge >= 0.3 is 0 Å². The number of hydrogen-bond donors (Lipinski definition) is 0. The van der Waals surface area contributed by atoms with Crippen LogP contribution in [0.5, 0.6) is 0 Å². The van der Waals surface area contributed by atoms with E-state index in [1.54, 1.807) is 23.1 Å². The third-order valence-corrected chi connectivity index (χ3v) is 7.13. The molecule has 2 aromatic heterocycles. The summed E-state index contributed by atoms with van der Waals surface area (Å²) < 4.78 is 2.16. The predicted molar refractivity (Wildman–Crippen MR) is 115 cm³/mol. The Morgan fingerprint density at radius 1 is 1.00 bits per heavy atom. The smallest absolute Gasteiger partial charge is 0.191 e. The Bertz CT molecular complexity index is 1070. The zero-order valence-electron chi connectivity index (χ0n) is 15.5. The van der Waals surface area contributed by atoms with E-state index in [0.717, 1.165) is 33.9 Å². The number of rotatable bonds is 6. The van der Waals surface area contributed by atoms with Crippen LogP contribution in [0.15, 0.2) is 71.2 Å². The lowest BCUT2D eigenvalue weighted by Gasteiger charge is -2.03. The summed E-state index contributed by atoms with van der Waals surface area (Å²) in [6.45, 7) is 0. The van der Waals surface area contributed by atoms with Gasteiger partial charge in [-0.15, -0.1) is 21.5 Å². The normalized spacial score (nSPS) is 18.3. The van der Waals surface area contributed by atoms with Gasteiger partial charge in [-0.1, -0.05) is 72.4 Å². The highest BCUT2D eigenvalue weighted by atomic mass is 32.2. The number of thioether (sulfide) groups is 1. The lowest BCUT2D eigenvalue weighted by atomic mass is 10.1. The summed E-state index contributed by atoms with van der Waals surface area (Å²) in [4.78, 5) is 4.77. The Labute approximate surface area is 172 Å². The molecule has 0 unspecified atom stereocenters. The number of hydrogen-bond acceptors (Lipinski definition) is 5. The van der Waals surface area contributed by atoms with Gasteiger partial charge in [0.25, 0.3) is 0 Å². The molecule has 1 saturated carbocycles. The van der Waals surface area contributed by atoms with E-state index in [1.807, 2.05) is 18.2 Å². The molecule has 0 N–H and O–H groups in total. The molecule has 0 aliphatic heterocycles. The fourth-order valence-electron chi connectivity index (χ4n) is 3.55. The monoisotopic (exact) mass is 404 g/mol. The van der Waals surface area contributed by atoms with E-state index in [2.05, 4.69) is 69.7 Å². The number of aromatic nitrogens is 4. The maximum absolute atomic E-state index is 4.77. The van der Waals surface area contributed by atoms with E-state index < -0.39 is 0 Å². The van der Waals surface area contributed by atoms with Crippen LogP contribution in [0.4, 0.5) is 0 Å². The number of thiazole rings is 1. The highest BCUT2D eigenvalue weighted by molar-refractivity contribution is 7.98. The molecule has 4 nitrogen and oxygen atoms in total. The minimum Gasteiger partial charge on any atom is -0.309 e. The molecule has 4 aromatic rings. The third kappa shape index (κ3) is 3.50. The first kappa shape index (κ1) is 17.6. The molecule has 0 saturated heterocycles. The molecule has 1 aliphatic carbocycles. The maximum Gasteiger partial charge on any atom is 0.191 e. The molecule has 0 spiro atoms. The summed E-state index contributed by atoms with van der Waals surface area (Å²) in [5.41, 5.74) is 3.66. The molecule has 0 bridgehead atoms. The van der Waals surface area contributed by atoms with Gasteiger partial charge in [-0.2, -0.15) is 0 Å². The quantitative estimate of drug-likeness (QED) is 0.398. The van der Waals surface area contributed by atoms with Gasteiger partial charge in [0.1, 0.15) is 10.8 Å². The highest BCUT2D eigenvalue weighted by Crippen LogP contribution is 2.54. The van der Waals surface area contributed by atoms with Gasteiger partial charge in [0.2, 0.25) is 0 Å². The van der Waals surface area contributed by atoms with Crippen molar-refractivity contribution in [3.05, 3.63) is 83.1 Å². The number of nitrogens with zero attached hydrogens (tertiary/aromatic N) is 4. The van der Waals surface area contributed by atoms with Crippen LogP contribution in [-0.2, 0) is 12.8 Å². The SMILES string of the molecule is Cn1c(SCc2csc(-c3ccccc3)n2)nnc1[C@H]1C[C@H]1c1ccccc1. The van der Waals surface area contributed by atoms with Crippen LogP contribution >= 0.6 is 23.1 Å². The van der Waals surface area contributed by atoms with E-state index in [-0.39, 0.29) is 0 Å². The van der Waals surface area contributed by atoms with Crippen LogP contribution in [0.25, 0.3) is 10.6 Å². The van der Waals surface area contributed by atoms with Crippen molar-refractivity contribution in [1.29, 1.82) is 0 Å². The van der Waals surface area contributed by atoms with Crippen LogP contribution < -0.4 is 0 Å². The highest BCUT2D eigenvalue weighted by Gasteiger charge is 2.42. The molecular formula is C22H20N4S2. The molecular weight excluding hydrogens is 384 g/mol. The van der Waals surface area contributed by atoms with Crippen molar-refractivity contribution in [2.24, 2.45) is 7.05 Å². The van der Waals surface area contributed by atoms with Crippen molar-refractivity contribution in [3.8, 4) is 10.6 Å². The number of benzene rings is 2. The first-order valence-electron chi connectivity index (χ1n) is 9.36. The predicted octanol–water partition coefficient (Wildman–Crippen LogP) is 5.50. The Morgan fingerprint density at radius 2 is 1.75 bits per heavy atom. The average Bonchev–Trinajstić information content (AvgIpc) is 3.24. The van der Waals surface area contributed by atoms with Gasteiger partial charge in [-0.3, -0.25) is 0 Å². The van der Waals surface area contributed by atoms with Crippen LogP contribution in [0.2, 0.25) is 0 Å². The lowest BCUT2D eigenvalue weighted by Crippen LogP contribution is -1.98. The topological polar surface area (TPSA) is 43.6 Å². The fraction of sp³-hybridized carbons (Fsp3) is 0.227. The van der Waals surface area contributed by atoms with E-state index in [9.17, 15) is 0 Å². The van der Waals surface area contributed by atoms with Gasteiger partial charge < -0.3 is 4.57 Å². The summed E-state index contributed by atoms with van der Waals surface area (Å²) in [6, 6.07) is 21.0. The summed E-state index contributed by atoms with van der Waals surface area (Å²) in [5.74, 6) is 2.97. The molecule has 28 heavy (non-hydrogen) atoms. The summed E-state index contributed by atoms with van der Waals surface area (Å²) >= 11 is 3.40. The summed E-state index contributed by atoms with van der Waals surface area (Å²) in [5, 5.41) is 13.1. The second-order valence-corrected chi connectivity index (χ2v) is 8.86. The molecule has 2 heterocycles. The van der Waals surface area contributed by atoms with E-state index in [1.165, 1.54) is 11.1 Å².